The van der Waals surface area contributed by atoms with Gasteiger partial charge in [0, 0.05) is 33.2 Å². The highest BCUT2D eigenvalue weighted by atomic mass is 16.5. The minimum Gasteiger partial charge on any atom is -0.381 e. The van der Waals surface area contributed by atoms with Gasteiger partial charge in [0.2, 0.25) is 0 Å². The minimum absolute atomic E-state index is 0.164. The molecule has 0 amide bonds. The van der Waals surface area contributed by atoms with Gasteiger partial charge in [0.25, 0.3) is 0 Å². The molecule has 3 rings (SSSR count). The van der Waals surface area contributed by atoms with E-state index in [-0.39, 0.29) is 11.6 Å². The van der Waals surface area contributed by atoms with Crippen LogP contribution in [-0.2, 0) is 9.47 Å². The van der Waals surface area contributed by atoms with Gasteiger partial charge in [-0.05, 0) is 23.4 Å². The van der Waals surface area contributed by atoms with Gasteiger partial charge in [0.15, 0.2) is 0 Å². The maximum Gasteiger partial charge on any atom is 0.0916 e. The van der Waals surface area contributed by atoms with Crippen LogP contribution in [0.5, 0.6) is 0 Å². The Labute approximate surface area is 126 Å². The fraction of sp³-hybridized carbons (Fsp3) is 0.444. The monoisotopic (exact) mass is 285 g/mol. The first-order valence-corrected chi connectivity index (χ1v) is 7.58. The van der Waals surface area contributed by atoms with Crippen molar-refractivity contribution in [2.24, 2.45) is 0 Å². The summed E-state index contributed by atoms with van der Waals surface area (Å²) in [6.07, 6.45) is 1.83. The zero-order chi connectivity index (χ0) is 14.7. The average Bonchev–Trinajstić information content (AvgIpc) is 2.56. The molecule has 1 fully saturated rings. The third-order valence-electron chi connectivity index (χ3n) is 4.69. The van der Waals surface area contributed by atoms with Gasteiger partial charge in [-0.25, -0.2) is 0 Å². The molecule has 1 saturated heterocycles. The van der Waals surface area contributed by atoms with Crippen LogP contribution in [0.4, 0.5) is 0 Å². The molecule has 3 heteroatoms. The second kappa shape index (κ2) is 6.14. The lowest BCUT2D eigenvalue weighted by molar-refractivity contribution is -0.110. The molecule has 0 radical (unpaired) electrons. The normalized spacial score (nSPS) is 19.5. The molecule has 0 saturated carbocycles. The van der Waals surface area contributed by atoms with Gasteiger partial charge in [-0.3, -0.25) is 0 Å². The number of hydrogen-bond acceptors (Lipinski definition) is 3. The SMILES string of the molecule is CNC(c1cccc2ccccc12)C1(OC)CCOCC1. The maximum atomic E-state index is 5.99. The molecular weight excluding hydrogens is 262 g/mol. The number of likely N-dealkylation sites (N-methyl/N-ethyl adjacent to an activating group) is 1. The topological polar surface area (TPSA) is 30.5 Å². The van der Waals surface area contributed by atoms with Gasteiger partial charge >= 0.3 is 0 Å². The van der Waals surface area contributed by atoms with Crippen LogP contribution in [0.25, 0.3) is 10.8 Å². The van der Waals surface area contributed by atoms with Crippen LogP contribution in [0, 0.1) is 0 Å². The van der Waals surface area contributed by atoms with Crippen molar-refractivity contribution >= 4 is 10.8 Å². The van der Waals surface area contributed by atoms with E-state index in [9.17, 15) is 0 Å². The van der Waals surface area contributed by atoms with Gasteiger partial charge in [0.05, 0.1) is 11.6 Å². The van der Waals surface area contributed by atoms with E-state index in [4.69, 9.17) is 9.47 Å². The maximum absolute atomic E-state index is 5.99. The summed E-state index contributed by atoms with van der Waals surface area (Å²) in [5, 5.41) is 6.06. The van der Waals surface area contributed by atoms with Crippen LogP contribution < -0.4 is 5.32 Å². The highest BCUT2D eigenvalue weighted by Gasteiger charge is 2.41. The smallest absolute Gasteiger partial charge is 0.0916 e. The molecule has 1 aliphatic rings. The summed E-state index contributed by atoms with van der Waals surface area (Å²) in [6.45, 7) is 1.52. The Kier molecular flexibility index (Phi) is 4.24. The molecule has 0 aliphatic carbocycles. The molecule has 2 aromatic rings. The second-order valence-electron chi connectivity index (χ2n) is 5.67. The Balaban J connectivity index is 2.09. The molecule has 2 aromatic carbocycles. The quantitative estimate of drug-likeness (QED) is 0.935. The third-order valence-corrected chi connectivity index (χ3v) is 4.69. The first kappa shape index (κ1) is 14.5. The highest BCUT2D eigenvalue weighted by Crippen LogP contribution is 2.39. The number of nitrogens with one attached hydrogen (secondary N) is 1. The van der Waals surface area contributed by atoms with E-state index >= 15 is 0 Å². The first-order chi connectivity index (χ1) is 10.3. The number of rotatable bonds is 4. The summed E-state index contributed by atoms with van der Waals surface area (Å²) in [6, 6.07) is 15.2. The van der Waals surface area contributed by atoms with Crippen LogP contribution >= 0.6 is 0 Å². The van der Waals surface area contributed by atoms with Crippen molar-refractivity contribution in [3.8, 4) is 0 Å². The molecule has 1 unspecified atom stereocenters. The summed E-state index contributed by atoms with van der Waals surface area (Å²) in [5.74, 6) is 0. The van der Waals surface area contributed by atoms with Crippen molar-refractivity contribution in [1.29, 1.82) is 0 Å². The lowest BCUT2D eigenvalue weighted by Crippen LogP contribution is -2.48. The van der Waals surface area contributed by atoms with Gasteiger partial charge in [-0.15, -0.1) is 0 Å². The number of hydrogen-bond donors (Lipinski definition) is 1. The molecule has 1 aliphatic heterocycles. The lowest BCUT2D eigenvalue weighted by Gasteiger charge is -2.42. The summed E-state index contributed by atoms with van der Waals surface area (Å²) in [4.78, 5) is 0. The largest absolute Gasteiger partial charge is 0.381 e. The second-order valence-corrected chi connectivity index (χ2v) is 5.67. The van der Waals surface area contributed by atoms with Gasteiger partial charge in [0.1, 0.15) is 0 Å². The van der Waals surface area contributed by atoms with Crippen LogP contribution in [0.3, 0.4) is 0 Å². The predicted octanol–water partition coefficient (Wildman–Crippen LogP) is 3.30. The Hall–Kier alpha value is -1.42. The van der Waals surface area contributed by atoms with Crippen molar-refractivity contribution in [3.05, 3.63) is 48.0 Å². The predicted molar refractivity (Wildman–Crippen MR) is 85.5 cm³/mol. The molecule has 3 nitrogen and oxygen atoms in total. The fourth-order valence-corrected chi connectivity index (χ4v) is 3.53. The van der Waals surface area contributed by atoms with Gasteiger partial charge < -0.3 is 14.8 Å². The molecule has 0 spiro atoms. The number of methoxy groups -OCH3 is 1. The molecule has 112 valence electrons. The van der Waals surface area contributed by atoms with Gasteiger partial charge in [-0.1, -0.05) is 42.5 Å². The Bertz CT molecular complexity index is 600. The van der Waals surface area contributed by atoms with E-state index in [1.165, 1.54) is 16.3 Å². The fourth-order valence-electron chi connectivity index (χ4n) is 3.53. The Morgan fingerprint density at radius 3 is 2.52 bits per heavy atom. The summed E-state index contributed by atoms with van der Waals surface area (Å²) in [7, 11) is 3.84. The van der Waals surface area contributed by atoms with Crippen LogP contribution in [0.15, 0.2) is 42.5 Å². The molecule has 1 N–H and O–H groups in total. The standard InChI is InChI=1S/C18H23NO2/c1-19-17(18(20-2)10-12-21-13-11-18)16-9-5-7-14-6-3-4-8-15(14)16/h3-9,17,19H,10-13H2,1-2H3. The Morgan fingerprint density at radius 1 is 1.10 bits per heavy atom. The third kappa shape index (κ3) is 2.57. The van der Waals surface area contributed by atoms with Crippen molar-refractivity contribution in [2.75, 3.05) is 27.4 Å². The van der Waals surface area contributed by atoms with E-state index in [0.29, 0.717) is 0 Å². The number of benzene rings is 2. The first-order valence-electron chi connectivity index (χ1n) is 7.58. The van der Waals surface area contributed by atoms with Crippen molar-refractivity contribution in [2.45, 2.75) is 24.5 Å². The Morgan fingerprint density at radius 2 is 1.81 bits per heavy atom. The van der Waals surface area contributed by atoms with E-state index in [2.05, 4.69) is 47.8 Å². The zero-order valence-corrected chi connectivity index (χ0v) is 12.8. The van der Waals surface area contributed by atoms with Crippen LogP contribution in [0.2, 0.25) is 0 Å². The molecule has 1 heterocycles. The number of fused-ring (bicyclic) bond motifs is 1. The van der Waals surface area contributed by atoms with E-state index in [1.807, 2.05) is 14.2 Å². The summed E-state index contributed by atoms with van der Waals surface area (Å²) in [5.41, 5.74) is 1.11. The van der Waals surface area contributed by atoms with E-state index in [0.717, 1.165) is 26.1 Å². The van der Waals surface area contributed by atoms with E-state index < -0.39 is 0 Å². The average molecular weight is 285 g/mol. The van der Waals surface area contributed by atoms with Crippen LogP contribution in [0.1, 0.15) is 24.4 Å². The minimum atomic E-state index is -0.197. The van der Waals surface area contributed by atoms with Crippen molar-refractivity contribution in [1.82, 2.24) is 5.32 Å². The highest BCUT2D eigenvalue weighted by molar-refractivity contribution is 5.86. The van der Waals surface area contributed by atoms with Gasteiger partial charge in [-0.2, -0.15) is 0 Å². The molecule has 0 bridgehead atoms. The lowest BCUT2D eigenvalue weighted by atomic mass is 9.80. The van der Waals surface area contributed by atoms with Crippen molar-refractivity contribution in [3.63, 3.8) is 0 Å². The van der Waals surface area contributed by atoms with E-state index in [1.54, 1.807) is 0 Å². The molecule has 0 aromatic heterocycles. The zero-order valence-electron chi connectivity index (χ0n) is 12.8. The van der Waals surface area contributed by atoms with Crippen molar-refractivity contribution < 1.29 is 9.47 Å². The molecule has 21 heavy (non-hydrogen) atoms. The molecule has 1 atom stereocenters. The van der Waals surface area contributed by atoms with Crippen LogP contribution in [-0.4, -0.2) is 33.0 Å². The summed E-state index contributed by atoms with van der Waals surface area (Å²) >= 11 is 0. The number of ether oxygens (including phenoxy) is 2. The summed E-state index contributed by atoms with van der Waals surface area (Å²) < 4.78 is 11.5. The molecular formula is C18H23NO2.